The number of hydrogen-bond donors (Lipinski definition) is 0. The topological polar surface area (TPSA) is 48.0 Å². The summed E-state index contributed by atoms with van der Waals surface area (Å²) in [4.78, 5) is 15.0. The van der Waals surface area contributed by atoms with Crippen molar-refractivity contribution < 1.29 is 19.0 Å². The average Bonchev–Trinajstić information content (AvgIpc) is 3.18. The summed E-state index contributed by atoms with van der Waals surface area (Å²) in [5.41, 5.74) is 2.58. The number of likely N-dealkylation sites (tertiary alicyclic amines) is 1. The molecule has 4 rings (SSSR count). The minimum Gasteiger partial charge on any atom is -0.497 e. The van der Waals surface area contributed by atoms with Gasteiger partial charge in [-0.1, -0.05) is 24.3 Å². The summed E-state index contributed by atoms with van der Waals surface area (Å²) in [5, 5.41) is 0. The molecule has 2 aromatic carbocycles. The van der Waals surface area contributed by atoms with Gasteiger partial charge in [0.2, 0.25) is 0 Å². The van der Waals surface area contributed by atoms with Gasteiger partial charge >= 0.3 is 0 Å². The van der Waals surface area contributed by atoms with Crippen molar-refractivity contribution in [2.24, 2.45) is 0 Å². The first kappa shape index (κ1) is 18.2. The number of carbonyl (C=O) groups is 1. The Morgan fingerprint density at radius 2 is 1.52 bits per heavy atom. The second-order valence-electron chi connectivity index (χ2n) is 7.14. The number of rotatable bonds is 5. The Labute approximate surface area is 159 Å². The van der Waals surface area contributed by atoms with E-state index in [2.05, 4.69) is 4.90 Å². The molecule has 2 aliphatic heterocycles. The lowest BCUT2D eigenvalue weighted by Crippen LogP contribution is -2.44. The third-order valence-electron chi connectivity index (χ3n) is 5.41. The van der Waals surface area contributed by atoms with Gasteiger partial charge in [-0.2, -0.15) is 0 Å². The van der Waals surface area contributed by atoms with E-state index in [4.69, 9.17) is 14.2 Å². The van der Waals surface area contributed by atoms with E-state index < -0.39 is 0 Å². The maximum absolute atomic E-state index is 12.6. The van der Waals surface area contributed by atoms with Crippen LogP contribution in [0.5, 0.6) is 5.75 Å². The van der Waals surface area contributed by atoms with E-state index in [-0.39, 0.29) is 11.6 Å². The van der Waals surface area contributed by atoms with Gasteiger partial charge < -0.3 is 14.2 Å². The second-order valence-corrected chi connectivity index (χ2v) is 7.14. The number of benzene rings is 2. The molecule has 0 atom stereocenters. The van der Waals surface area contributed by atoms with Crippen LogP contribution in [0.25, 0.3) is 0 Å². The van der Waals surface area contributed by atoms with E-state index in [9.17, 15) is 4.79 Å². The SMILES string of the molecule is COc1ccc(C(=O)c2ccc(CN3CCC4(CC3)OCCO4)cc2)cc1. The minimum atomic E-state index is -0.328. The highest BCUT2D eigenvalue weighted by Crippen LogP contribution is 2.31. The summed E-state index contributed by atoms with van der Waals surface area (Å²) < 4.78 is 16.7. The van der Waals surface area contributed by atoms with Gasteiger partial charge in [0.1, 0.15) is 5.75 Å². The normalized spacial score (nSPS) is 19.3. The van der Waals surface area contributed by atoms with E-state index in [1.54, 1.807) is 19.2 Å². The van der Waals surface area contributed by atoms with Gasteiger partial charge in [-0.15, -0.1) is 0 Å². The van der Waals surface area contributed by atoms with Gasteiger partial charge in [-0.25, -0.2) is 0 Å². The van der Waals surface area contributed by atoms with E-state index in [1.165, 1.54) is 5.56 Å². The molecular weight excluding hydrogens is 342 g/mol. The first-order chi connectivity index (χ1) is 13.2. The predicted octanol–water partition coefficient (Wildman–Crippen LogP) is 3.27. The number of piperidine rings is 1. The smallest absolute Gasteiger partial charge is 0.193 e. The number of nitrogens with zero attached hydrogens (tertiary/aromatic N) is 1. The summed E-state index contributed by atoms with van der Waals surface area (Å²) in [5.74, 6) is 0.448. The van der Waals surface area contributed by atoms with Crippen molar-refractivity contribution >= 4 is 5.78 Å². The van der Waals surface area contributed by atoms with Crippen LogP contribution in [0.3, 0.4) is 0 Å². The molecule has 5 heteroatoms. The zero-order chi connectivity index (χ0) is 18.7. The highest BCUT2D eigenvalue weighted by molar-refractivity contribution is 6.09. The van der Waals surface area contributed by atoms with Crippen molar-refractivity contribution in [3.05, 3.63) is 65.2 Å². The largest absolute Gasteiger partial charge is 0.497 e. The molecule has 0 aliphatic carbocycles. The molecule has 5 nitrogen and oxygen atoms in total. The zero-order valence-electron chi connectivity index (χ0n) is 15.6. The van der Waals surface area contributed by atoms with E-state index in [0.29, 0.717) is 24.3 Å². The van der Waals surface area contributed by atoms with Crippen molar-refractivity contribution in [1.29, 1.82) is 0 Å². The number of hydrogen-bond acceptors (Lipinski definition) is 5. The van der Waals surface area contributed by atoms with Crippen LogP contribution < -0.4 is 4.74 Å². The summed E-state index contributed by atoms with van der Waals surface area (Å²) >= 11 is 0. The predicted molar refractivity (Wildman–Crippen MR) is 102 cm³/mol. The van der Waals surface area contributed by atoms with Crippen molar-refractivity contribution in [1.82, 2.24) is 4.90 Å². The average molecular weight is 367 g/mol. The molecule has 0 amide bonds. The Morgan fingerprint density at radius 3 is 2.07 bits per heavy atom. The minimum absolute atomic E-state index is 0.0275. The summed E-state index contributed by atoms with van der Waals surface area (Å²) in [7, 11) is 1.62. The van der Waals surface area contributed by atoms with Crippen molar-refractivity contribution in [2.75, 3.05) is 33.4 Å². The molecule has 2 heterocycles. The Balaban J connectivity index is 1.35. The third-order valence-corrected chi connectivity index (χ3v) is 5.41. The van der Waals surface area contributed by atoms with Crippen LogP contribution in [0.15, 0.2) is 48.5 Å². The maximum Gasteiger partial charge on any atom is 0.193 e. The van der Waals surface area contributed by atoms with Gasteiger partial charge in [0.25, 0.3) is 0 Å². The van der Waals surface area contributed by atoms with Crippen LogP contribution >= 0.6 is 0 Å². The van der Waals surface area contributed by atoms with Crippen molar-refractivity contribution in [2.45, 2.75) is 25.2 Å². The number of methoxy groups -OCH3 is 1. The summed E-state index contributed by atoms with van der Waals surface area (Å²) in [6, 6.07) is 15.1. The number of ketones is 1. The van der Waals surface area contributed by atoms with E-state index in [0.717, 1.165) is 38.2 Å². The molecule has 0 radical (unpaired) electrons. The van der Waals surface area contributed by atoms with Gasteiger partial charge in [0.05, 0.1) is 20.3 Å². The van der Waals surface area contributed by atoms with Crippen LogP contribution in [0.1, 0.15) is 34.3 Å². The van der Waals surface area contributed by atoms with Crippen LogP contribution in [0.2, 0.25) is 0 Å². The fourth-order valence-corrected chi connectivity index (χ4v) is 3.77. The van der Waals surface area contributed by atoms with Gasteiger partial charge in [0.15, 0.2) is 11.6 Å². The standard InChI is InChI=1S/C22H25NO4/c1-25-20-8-6-19(7-9-20)21(24)18-4-2-17(3-5-18)16-23-12-10-22(11-13-23)26-14-15-27-22/h2-9H,10-16H2,1H3. The zero-order valence-corrected chi connectivity index (χ0v) is 15.6. The number of carbonyl (C=O) groups excluding carboxylic acids is 1. The highest BCUT2D eigenvalue weighted by Gasteiger charge is 2.39. The first-order valence-corrected chi connectivity index (χ1v) is 9.45. The van der Waals surface area contributed by atoms with E-state index in [1.807, 2.05) is 36.4 Å². The monoisotopic (exact) mass is 367 g/mol. The van der Waals surface area contributed by atoms with E-state index >= 15 is 0 Å². The van der Waals surface area contributed by atoms with Crippen LogP contribution in [0.4, 0.5) is 0 Å². The van der Waals surface area contributed by atoms with Crippen molar-refractivity contribution in [3.63, 3.8) is 0 Å². The molecule has 142 valence electrons. The van der Waals surface area contributed by atoms with Gasteiger partial charge in [-0.05, 0) is 29.8 Å². The third kappa shape index (κ3) is 4.05. The second kappa shape index (κ2) is 7.80. The molecule has 2 fully saturated rings. The Bertz CT molecular complexity index is 769. The molecule has 2 aromatic rings. The highest BCUT2D eigenvalue weighted by atomic mass is 16.7. The molecule has 27 heavy (non-hydrogen) atoms. The molecule has 2 aliphatic rings. The lowest BCUT2D eigenvalue weighted by Gasteiger charge is -2.37. The van der Waals surface area contributed by atoms with Gasteiger partial charge in [0, 0.05) is 43.6 Å². The quantitative estimate of drug-likeness (QED) is 0.759. The fourth-order valence-electron chi connectivity index (χ4n) is 3.77. The molecule has 0 bridgehead atoms. The molecule has 0 unspecified atom stereocenters. The molecular formula is C22H25NO4. The van der Waals surface area contributed by atoms with Gasteiger partial charge in [-0.3, -0.25) is 9.69 Å². The fraction of sp³-hybridized carbons (Fsp3) is 0.409. The van der Waals surface area contributed by atoms with Crippen LogP contribution in [-0.2, 0) is 16.0 Å². The van der Waals surface area contributed by atoms with Crippen LogP contribution in [-0.4, -0.2) is 49.9 Å². The molecule has 0 N–H and O–H groups in total. The van der Waals surface area contributed by atoms with Crippen molar-refractivity contribution in [3.8, 4) is 5.75 Å². The molecule has 0 aromatic heterocycles. The lowest BCUT2D eigenvalue weighted by atomic mass is 10.0. The lowest BCUT2D eigenvalue weighted by molar-refractivity contribution is -0.185. The van der Waals surface area contributed by atoms with Crippen LogP contribution in [0, 0.1) is 0 Å². The Morgan fingerprint density at radius 1 is 0.963 bits per heavy atom. The maximum atomic E-state index is 12.6. The number of ether oxygens (including phenoxy) is 3. The molecule has 1 spiro atoms. The summed E-state index contributed by atoms with van der Waals surface area (Å²) in [6.45, 7) is 4.24. The Kier molecular flexibility index (Phi) is 5.25. The Hall–Kier alpha value is -2.21. The molecule has 2 saturated heterocycles. The first-order valence-electron chi connectivity index (χ1n) is 9.45. The molecule has 0 saturated carbocycles. The summed E-state index contributed by atoms with van der Waals surface area (Å²) in [6.07, 6.45) is 1.84.